The molecule has 0 bridgehead atoms. The van der Waals surface area contributed by atoms with Crippen LogP contribution in [0.2, 0.25) is 0 Å². The van der Waals surface area contributed by atoms with Crippen molar-refractivity contribution in [3.8, 4) is 5.75 Å². The van der Waals surface area contributed by atoms with Crippen LogP contribution in [-0.2, 0) is 16.0 Å². The number of carbonyl (C=O) groups excluding carboxylic acids is 1. The van der Waals surface area contributed by atoms with E-state index in [1.807, 2.05) is 24.4 Å². The minimum atomic E-state index is 0.109. The van der Waals surface area contributed by atoms with Gasteiger partial charge in [-0.05, 0) is 49.4 Å². The number of amides is 1. The molecule has 0 spiro atoms. The average Bonchev–Trinajstić information content (AvgIpc) is 3.22. The summed E-state index contributed by atoms with van der Waals surface area (Å²) < 4.78 is 10.8. The van der Waals surface area contributed by atoms with Crippen LogP contribution >= 0.6 is 0 Å². The molecule has 124 valence electrons. The van der Waals surface area contributed by atoms with Crippen LogP contribution in [0.5, 0.6) is 5.75 Å². The van der Waals surface area contributed by atoms with E-state index in [1.54, 1.807) is 7.11 Å². The Morgan fingerprint density at radius 3 is 3.17 bits per heavy atom. The summed E-state index contributed by atoms with van der Waals surface area (Å²) in [5.41, 5.74) is 2.28. The van der Waals surface area contributed by atoms with Crippen molar-refractivity contribution in [2.75, 3.05) is 20.3 Å². The van der Waals surface area contributed by atoms with Crippen LogP contribution in [0.3, 0.4) is 0 Å². The van der Waals surface area contributed by atoms with Gasteiger partial charge >= 0.3 is 0 Å². The lowest BCUT2D eigenvalue weighted by molar-refractivity contribution is -0.121. The van der Waals surface area contributed by atoms with Crippen molar-refractivity contribution in [3.63, 3.8) is 0 Å². The molecule has 2 heterocycles. The summed E-state index contributed by atoms with van der Waals surface area (Å²) in [4.78, 5) is 15.2. The van der Waals surface area contributed by atoms with Crippen LogP contribution in [0.1, 0.15) is 31.2 Å². The van der Waals surface area contributed by atoms with Crippen molar-refractivity contribution in [1.82, 2.24) is 10.3 Å². The fourth-order valence-corrected chi connectivity index (χ4v) is 3.08. The average molecular weight is 316 g/mol. The molecule has 2 N–H and O–H groups in total. The molecule has 1 atom stereocenters. The molecule has 1 aromatic carbocycles. The third kappa shape index (κ3) is 4.05. The number of benzene rings is 1. The predicted octanol–water partition coefficient (Wildman–Crippen LogP) is 2.79. The maximum absolute atomic E-state index is 11.9. The maximum Gasteiger partial charge on any atom is 0.220 e. The first-order valence-corrected chi connectivity index (χ1v) is 8.28. The number of ether oxygens (including phenoxy) is 2. The molecule has 0 saturated carbocycles. The Morgan fingerprint density at radius 1 is 1.48 bits per heavy atom. The quantitative estimate of drug-likeness (QED) is 0.825. The van der Waals surface area contributed by atoms with Crippen molar-refractivity contribution >= 4 is 16.8 Å². The molecule has 23 heavy (non-hydrogen) atoms. The van der Waals surface area contributed by atoms with E-state index in [0.29, 0.717) is 13.0 Å². The summed E-state index contributed by atoms with van der Waals surface area (Å²) in [5, 5.41) is 4.15. The van der Waals surface area contributed by atoms with Crippen molar-refractivity contribution in [3.05, 3.63) is 30.0 Å². The summed E-state index contributed by atoms with van der Waals surface area (Å²) in [6, 6.07) is 5.98. The van der Waals surface area contributed by atoms with Gasteiger partial charge in [-0.2, -0.15) is 0 Å². The lowest BCUT2D eigenvalue weighted by Crippen LogP contribution is -2.26. The van der Waals surface area contributed by atoms with Crippen LogP contribution in [-0.4, -0.2) is 37.3 Å². The molecule has 2 aromatic rings. The van der Waals surface area contributed by atoms with E-state index in [9.17, 15) is 4.79 Å². The summed E-state index contributed by atoms with van der Waals surface area (Å²) in [7, 11) is 1.67. The largest absolute Gasteiger partial charge is 0.497 e. The van der Waals surface area contributed by atoms with Crippen molar-refractivity contribution in [1.29, 1.82) is 0 Å². The lowest BCUT2D eigenvalue weighted by atomic mass is 10.1. The van der Waals surface area contributed by atoms with Gasteiger partial charge in [0.2, 0.25) is 5.91 Å². The Kier molecular flexibility index (Phi) is 5.18. The summed E-state index contributed by atoms with van der Waals surface area (Å²) >= 11 is 0. The molecule has 1 aliphatic heterocycles. The Hall–Kier alpha value is -2.01. The van der Waals surface area contributed by atoms with E-state index < -0.39 is 0 Å². The number of H-pyrrole nitrogens is 1. The third-order valence-electron chi connectivity index (χ3n) is 4.41. The highest BCUT2D eigenvalue weighted by Gasteiger charge is 2.16. The second-order valence-electron chi connectivity index (χ2n) is 6.00. The zero-order valence-electron chi connectivity index (χ0n) is 13.6. The molecular formula is C18H24N2O3. The Bertz CT molecular complexity index is 659. The number of carbonyl (C=O) groups is 1. The van der Waals surface area contributed by atoms with Gasteiger partial charge in [0.25, 0.3) is 0 Å². The molecule has 1 amide bonds. The van der Waals surface area contributed by atoms with E-state index in [-0.39, 0.29) is 12.0 Å². The Labute approximate surface area is 136 Å². The topological polar surface area (TPSA) is 63.3 Å². The van der Waals surface area contributed by atoms with Crippen molar-refractivity contribution in [2.24, 2.45) is 0 Å². The standard InChI is InChI=1S/C18H24N2O3/c1-22-15-4-6-17-16(11-15)13(12-20-17)8-9-19-18(21)7-5-14-3-2-10-23-14/h4,6,11-12,14,20H,2-3,5,7-10H2,1H3,(H,19,21)/t14-/m0/s1. The highest BCUT2D eigenvalue weighted by atomic mass is 16.5. The first-order chi connectivity index (χ1) is 11.3. The normalized spacial score (nSPS) is 17.5. The number of nitrogens with one attached hydrogen (secondary N) is 2. The molecule has 3 rings (SSSR count). The van der Waals surface area contributed by atoms with Gasteiger partial charge in [-0.3, -0.25) is 4.79 Å². The van der Waals surface area contributed by atoms with Crippen LogP contribution in [0.15, 0.2) is 24.4 Å². The van der Waals surface area contributed by atoms with Gasteiger partial charge in [-0.15, -0.1) is 0 Å². The first kappa shape index (κ1) is 15.9. The number of methoxy groups -OCH3 is 1. The fourth-order valence-electron chi connectivity index (χ4n) is 3.08. The molecule has 0 radical (unpaired) electrons. The third-order valence-corrected chi connectivity index (χ3v) is 4.41. The van der Waals surface area contributed by atoms with E-state index in [4.69, 9.17) is 9.47 Å². The smallest absolute Gasteiger partial charge is 0.220 e. The van der Waals surface area contributed by atoms with E-state index in [2.05, 4.69) is 10.3 Å². The van der Waals surface area contributed by atoms with Gasteiger partial charge in [0.05, 0.1) is 13.2 Å². The number of hydrogen-bond donors (Lipinski definition) is 2. The number of hydrogen-bond acceptors (Lipinski definition) is 3. The second-order valence-corrected chi connectivity index (χ2v) is 6.00. The fraction of sp³-hybridized carbons (Fsp3) is 0.500. The van der Waals surface area contributed by atoms with E-state index in [1.165, 1.54) is 5.56 Å². The number of aromatic amines is 1. The Morgan fingerprint density at radius 2 is 2.39 bits per heavy atom. The predicted molar refractivity (Wildman–Crippen MR) is 89.8 cm³/mol. The van der Waals surface area contributed by atoms with E-state index in [0.717, 1.165) is 48.9 Å². The summed E-state index contributed by atoms with van der Waals surface area (Å²) in [6.07, 6.45) is 6.67. The van der Waals surface area contributed by atoms with Gasteiger partial charge < -0.3 is 19.8 Å². The molecule has 5 nitrogen and oxygen atoms in total. The van der Waals surface area contributed by atoms with Gasteiger partial charge in [0.15, 0.2) is 0 Å². The van der Waals surface area contributed by atoms with Gasteiger partial charge in [0.1, 0.15) is 5.75 Å². The van der Waals surface area contributed by atoms with Crippen LogP contribution < -0.4 is 10.1 Å². The number of aromatic nitrogens is 1. The van der Waals surface area contributed by atoms with Gasteiger partial charge in [-0.25, -0.2) is 0 Å². The first-order valence-electron chi connectivity index (χ1n) is 8.28. The molecule has 1 fully saturated rings. The maximum atomic E-state index is 11.9. The molecule has 1 saturated heterocycles. The van der Waals surface area contributed by atoms with E-state index >= 15 is 0 Å². The lowest BCUT2D eigenvalue weighted by Gasteiger charge is -2.09. The number of fused-ring (bicyclic) bond motifs is 1. The van der Waals surface area contributed by atoms with Crippen LogP contribution in [0.4, 0.5) is 0 Å². The van der Waals surface area contributed by atoms with Crippen molar-refractivity contribution in [2.45, 2.75) is 38.2 Å². The monoisotopic (exact) mass is 316 g/mol. The summed E-state index contributed by atoms with van der Waals surface area (Å²) in [5.74, 6) is 0.955. The molecule has 1 aliphatic rings. The SMILES string of the molecule is COc1ccc2[nH]cc(CCNC(=O)CC[C@@H]3CCCO3)c2c1. The highest BCUT2D eigenvalue weighted by molar-refractivity contribution is 5.84. The minimum absolute atomic E-state index is 0.109. The van der Waals surface area contributed by atoms with Crippen molar-refractivity contribution < 1.29 is 14.3 Å². The van der Waals surface area contributed by atoms with Gasteiger partial charge in [0, 0.05) is 36.7 Å². The molecule has 0 unspecified atom stereocenters. The van der Waals surface area contributed by atoms with Crippen LogP contribution in [0, 0.1) is 0 Å². The molecular weight excluding hydrogens is 292 g/mol. The number of rotatable bonds is 7. The molecule has 0 aliphatic carbocycles. The van der Waals surface area contributed by atoms with Crippen LogP contribution in [0.25, 0.3) is 10.9 Å². The van der Waals surface area contributed by atoms with Gasteiger partial charge in [-0.1, -0.05) is 0 Å². The Balaban J connectivity index is 1.47. The summed E-state index contributed by atoms with van der Waals surface area (Å²) in [6.45, 7) is 1.49. The second kappa shape index (κ2) is 7.51. The molecule has 5 heteroatoms. The highest BCUT2D eigenvalue weighted by Crippen LogP contribution is 2.23. The minimum Gasteiger partial charge on any atom is -0.497 e. The zero-order chi connectivity index (χ0) is 16.1. The zero-order valence-corrected chi connectivity index (χ0v) is 13.6. The molecule has 1 aromatic heterocycles.